The molecule has 4 nitrogen and oxygen atoms in total. The molecule has 110 valence electrons. The number of rotatable bonds is 5. The van der Waals surface area contributed by atoms with Crippen LogP contribution in [0.2, 0.25) is 5.02 Å². The predicted molar refractivity (Wildman–Crippen MR) is 86.7 cm³/mol. The molecule has 2 N–H and O–H groups in total. The van der Waals surface area contributed by atoms with Crippen molar-refractivity contribution in [2.24, 2.45) is 5.10 Å². The number of hydrogen-bond acceptors (Lipinski definition) is 4. The van der Waals surface area contributed by atoms with Crippen molar-refractivity contribution in [1.29, 1.82) is 0 Å². The molecule has 0 aliphatic carbocycles. The summed E-state index contributed by atoms with van der Waals surface area (Å²) in [5.74, 6) is 0.749. The number of anilines is 1. The van der Waals surface area contributed by atoms with Gasteiger partial charge in [-0.3, -0.25) is 5.43 Å². The molecule has 0 saturated carbocycles. The molecule has 0 aliphatic heterocycles. The second-order valence-electron chi connectivity index (χ2n) is 4.49. The van der Waals surface area contributed by atoms with Gasteiger partial charge < -0.3 is 9.84 Å². The van der Waals surface area contributed by atoms with Gasteiger partial charge in [0.15, 0.2) is 0 Å². The fraction of sp³-hybridized carbons (Fsp3) is 0.188. The summed E-state index contributed by atoms with van der Waals surface area (Å²) in [6, 6.07) is 10.7. The van der Waals surface area contributed by atoms with Crippen LogP contribution in [0, 0.1) is 6.92 Å². The average molecular weight is 305 g/mol. The van der Waals surface area contributed by atoms with Crippen molar-refractivity contribution in [3.8, 4) is 11.5 Å². The Bertz CT molecular complexity index is 657. The summed E-state index contributed by atoms with van der Waals surface area (Å²) in [7, 11) is 0. The molecule has 21 heavy (non-hydrogen) atoms. The molecule has 0 aromatic heterocycles. The van der Waals surface area contributed by atoms with Crippen LogP contribution in [0.3, 0.4) is 0 Å². The molecule has 0 saturated heterocycles. The molecule has 2 aromatic carbocycles. The predicted octanol–water partition coefficient (Wildman–Crippen LogP) is 4.20. The topological polar surface area (TPSA) is 53.8 Å². The van der Waals surface area contributed by atoms with E-state index in [-0.39, 0.29) is 5.75 Å². The maximum absolute atomic E-state index is 9.88. The van der Waals surface area contributed by atoms with Gasteiger partial charge in [0.1, 0.15) is 11.5 Å². The highest BCUT2D eigenvalue weighted by molar-refractivity contribution is 6.31. The lowest BCUT2D eigenvalue weighted by Gasteiger charge is -2.05. The van der Waals surface area contributed by atoms with E-state index in [4.69, 9.17) is 16.3 Å². The number of hydrazone groups is 1. The molecule has 0 aliphatic rings. The van der Waals surface area contributed by atoms with Gasteiger partial charge in [-0.2, -0.15) is 5.10 Å². The van der Waals surface area contributed by atoms with Crippen LogP contribution < -0.4 is 10.2 Å². The highest BCUT2D eigenvalue weighted by Crippen LogP contribution is 2.23. The number of aryl methyl sites for hydroxylation is 1. The number of nitrogens with zero attached hydrogens (tertiary/aromatic N) is 1. The molecule has 2 rings (SSSR count). The van der Waals surface area contributed by atoms with E-state index in [9.17, 15) is 5.11 Å². The largest absolute Gasteiger partial charge is 0.507 e. The Labute approximate surface area is 129 Å². The van der Waals surface area contributed by atoms with Crippen molar-refractivity contribution in [2.45, 2.75) is 13.8 Å². The first kappa shape index (κ1) is 15.2. The van der Waals surface area contributed by atoms with Gasteiger partial charge in [-0.25, -0.2) is 0 Å². The SMILES string of the molecule is CCOc1ccc(C=NNc2ccc(C)c(Cl)c2)c(O)c1. The van der Waals surface area contributed by atoms with Gasteiger partial charge in [0.25, 0.3) is 0 Å². The summed E-state index contributed by atoms with van der Waals surface area (Å²) in [6.45, 7) is 4.39. The van der Waals surface area contributed by atoms with Crippen LogP contribution in [0.4, 0.5) is 5.69 Å². The summed E-state index contributed by atoms with van der Waals surface area (Å²) < 4.78 is 5.31. The maximum Gasteiger partial charge on any atom is 0.128 e. The fourth-order valence-electron chi connectivity index (χ4n) is 1.73. The van der Waals surface area contributed by atoms with E-state index in [0.717, 1.165) is 11.3 Å². The lowest BCUT2D eigenvalue weighted by molar-refractivity contribution is 0.337. The van der Waals surface area contributed by atoms with E-state index >= 15 is 0 Å². The van der Waals surface area contributed by atoms with Crippen molar-refractivity contribution in [2.75, 3.05) is 12.0 Å². The summed E-state index contributed by atoms with van der Waals surface area (Å²) in [4.78, 5) is 0. The second kappa shape index (κ2) is 6.99. The molecule has 0 unspecified atom stereocenters. The Hall–Kier alpha value is -2.20. The minimum absolute atomic E-state index is 0.119. The van der Waals surface area contributed by atoms with E-state index in [0.29, 0.717) is 22.9 Å². The highest BCUT2D eigenvalue weighted by Gasteiger charge is 2.01. The van der Waals surface area contributed by atoms with E-state index in [1.165, 1.54) is 0 Å². The third-order valence-electron chi connectivity index (χ3n) is 2.88. The number of benzene rings is 2. The number of phenolic OH excluding ortho intramolecular Hbond substituents is 1. The van der Waals surface area contributed by atoms with Crippen molar-refractivity contribution in [3.05, 3.63) is 52.5 Å². The van der Waals surface area contributed by atoms with Crippen LogP contribution in [0.5, 0.6) is 11.5 Å². The molecule has 0 spiro atoms. The van der Waals surface area contributed by atoms with E-state index < -0.39 is 0 Å². The van der Waals surface area contributed by atoms with Crippen LogP contribution in [-0.2, 0) is 0 Å². The van der Waals surface area contributed by atoms with Crippen LogP contribution in [0.25, 0.3) is 0 Å². The standard InChI is InChI=1S/C16H17ClN2O2/c1-3-21-14-7-5-12(16(20)9-14)10-18-19-13-6-4-11(2)15(17)8-13/h4-10,19-20H,3H2,1-2H3. The number of hydrogen-bond donors (Lipinski definition) is 2. The van der Waals surface area contributed by atoms with Gasteiger partial charge in [-0.15, -0.1) is 0 Å². The molecular formula is C16H17ClN2O2. The normalized spacial score (nSPS) is 10.8. The molecule has 0 bridgehead atoms. The number of aromatic hydroxyl groups is 1. The number of nitrogens with one attached hydrogen (secondary N) is 1. The zero-order valence-electron chi connectivity index (χ0n) is 11.9. The molecule has 0 radical (unpaired) electrons. The first-order valence-corrected chi connectivity index (χ1v) is 6.99. The van der Waals surface area contributed by atoms with Crippen molar-refractivity contribution >= 4 is 23.5 Å². The Morgan fingerprint density at radius 2 is 2.10 bits per heavy atom. The minimum Gasteiger partial charge on any atom is -0.507 e. The highest BCUT2D eigenvalue weighted by atomic mass is 35.5. The zero-order chi connectivity index (χ0) is 15.2. The van der Waals surface area contributed by atoms with E-state index in [1.807, 2.05) is 26.0 Å². The van der Waals surface area contributed by atoms with Crippen LogP contribution in [0.15, 0.2) is 41.5 Å². The fourth-order valence-corrected chi connectivity index (χ4v) is 1.91. The number of halogens is 1. The molecule has 2 aromatic rings. The Balaban J connectivity index is 2.05. The van der Waals surface area contributed by atoms with Gasteiger partial charge in [0.05, 0.1) is 18.5 Å². The number of phenols is 1. The lowest BCUT2D eigenvalue weighted by Crippen LogP contribution is -1.94. The Kier molecular flexibility index (Phi) is 5.06. The summed E-state index contributed by atoms with van der Waals surface area (Å²) >= 11 is 6.04. The first-order valence-electron chi connectivity index (χ1n) is 6.61. The molecule has 5 heteroatoms. The third kappa shape index (κ3) is 4.13. The monoisotopic (exact) mass is 304 g/mol. The third-order valence-corrected chi connectivity index (χ3v) is 3.29. The van der Waals surface area contributed by atoms with Crippen molar-refractivity contribution in [1.82, 2.24) is 0 Å². The molecule has 0 heterocycles. The van der Waals surface area contributed by atoms with E-state index in [2.05, 4.69) is 10.5 Å². The summed E-state index contributed by atoms with van der Waals surface area (Å²) in [6.07, 6.45) is 1.54. The summed E-state index contributed by atoms with van der Waals surface area (Å²) in [5, 5.41) is 14.6. The minimum atomic E-state index is 0.119. The molecule has 0 fully saturated rings. The smallest absolute Gasteiger partial charge is 0.128 e. The molecular weight excluding hydrogens is 288 g/mol. The first-order chi connectivity index (χ1) is 10.1. The van der Waals surface area contributed by atoms with Gasteiger partial charge in [0.2, 0.25) is 0 Å². The van der Waals surface area contributed by atoms with Crippen LogP contribution >= 0.6 is 11.6 Å². The summed E-state index contributed by atoms with van der Waals surface area (Å²) in [5.41, 5.74) is 5.27. The van der Waals surface area contributed by atoms with Crippen molar-refractivity contribution in [3.63, 3.8) is 0 Å². The van der Waals surface area contributed by atoms with Gasteiger partial charge in [-0.05, 0) is 43.7 Å². The molecule has 0 atom stereocenters. The van der Waals surface area contributed by atoms with Gasteiger partial charge in [-0.1, -0.05) is 17.7 Å². The maximum atomic E-state index is 9.88. The second-order valence-corrected chi connectivity index (χ2v) is 4.89. The Morgan fingerprint density at radius 3 is 2.76 bits per heavy atom. The van der Waals surface area contributed by atoms with Crippen LogP contribution in [-0.4, -0.2) is 17.9 Å². The average Bonchev–Trinajstić information content (AvgIpc) is 2.45. The van der Waals surface area contributed by atoms with Gasteiger partial charge >= 0.3 is 0 Å². The van der Waals surface area contributed by atoms with Crippen molar-refractivity contribution < 1.29 is 9.84 Å². The quantitative estimate of drug-likeness (QED) is 0.643. The number of ether oxygens (including phenoxy) is 1. The van der Waals surface area contributed by atoms with Gasteiger partial charge in [0, 0.05) is 16.7 Å². The lowest BCUT2D eigenvalue weighted by atomic mass is 10.2. The van der Waals surface area contributed by atoms with Crippen LogP contribution in [0.1, 0.15) is 18.1 Å². The molecule has 0 amide bonds. The zero-order valence-corrected chi connectivity index (χ0v) is 12.7. The van der Waals surface area contributed by atoms with E-state index in [1.54, 1.807) is 30.5 Å². The Morgan fingerprint density at radius 1 is 1.29 bits per heavy atom.